The molecule has 0 spiro atoms. The number of aryl methyl sites for hydroxylation is 1. The van der Waals surface area contributed by atoms with Crippen LogP contribution in [0.3, 0.4) is 0 Å². The van der Waals surface area contributed by atoms with Crippen molar-refractivity contribution in [3.8, 4) is 5.69 Å². The molecule has 1 aromatic heterocycles. The number of amides is 1. The molecule has 1 amide bonds. The Bertz CT molecular complexity index is 964. The number of hydrogen-bond donors (Lipinski definition) is 1. The molecule has 0 radical (unpaired) electrons. The minimum atomic E-state index is -0.333. The summed E-state index contributed by atoms with van der Waals surface area (Å²) in [6.45, 7) is 5.53. The Morgan fingerprint density at radius 3 is 2.48 bits per heavy atom. The molecule has 1 heterocycles. The predicted octanol–water partition coefficient (Wildman–Crippen LogP) is 4.19. The third kappa shape index (κ3) is 4.22. The molecule has 0 aliphatic heterocycles. The molecule has 1 atom stereocenters. The van der Waals surface area contributed by atoms with Gasteiger partial charge in [-0.25, -0.2) is 13.5 Å². The molecule has 3 aromatic rings. The minimum absolute atomic E-state index is 0.165. The number of carbonyl (C=O) groups is 1. The Balaban J connectivity index is 1.75. The van der Waals surface area contributed by atoms with E-state index in [1.54, 1.807) is 28.9 Å². The lowest BCUT2D eigenvalue weighted by atomic mass is 10.1. The molecular weight excluding hydrogens is 348 g/mol. The summed E-state index contributed by atoms with van der Waals surface area (Å²) in [5, 5.41) is 7.37. The van der Waals surface area contributed by atoms with E-state index < -0.39 is 0 Å². The average Bonchev–Trinajstić information content (AvgIpc) is 2.90. The van der Waals surface area contributed by atoms with Crippen molar-refractivity contribution in [1.29, 1.82) is 0 Å². The van der Waals surface area contributed by atoms with E-state index in [-0.39, 0.29) is 30.0 Å². The zero-order valence-electron chi connectivity index (χ0n) is 15.5. The molecule has 1 N–H and O–H groups in total. The molecule has 0 saturated carbocycles. The highest BCUT2D eigenvalue weighted by Gasteiger charge is 2.17. The van der Waals surface area contributed by atoms with E-state index in [1.165, 1.54) is 24.3 Å². The molecule has 0 bridgehead atoms. The van der Waals surface area contributed by atoms with Crippen LogP contribution in [0.2, 0.25) is 0 Å². The van der Waals surface area contributed by atoms with Crippen LogP contribution in [0.15, 0.2) is 48.5 Å². The maximum atomic E-state index is 13.4. The van der Waals surface area contributed by atoms with Crippen LogP contribution in [0, 0.1) is 25.5 Å². The number of carbonyl (C=O) groups excluding carboxylic acids is 1. The zero-order valence-corrected chi connectivity index (χ0v) is 15.5. The monoisotopic (exact) mass is 369 g/mol. The highest BCUT2D eigenvalue weighted by molar-refractivity contribution is 5.79. The predicted molar refractivity (Wildman–Crippen MR) is 99.7 cm³/mol. The van der Waals surface area contributed by atoms with Crippen LogP contribution < -0.4 is 5.32 Å². The van der Waals surface area contributed by atoms with Crippen LogP contribution in [-0.4, -0.2) is 15.7 Å². The summed E-state index contributed by atoms with van der Waals surface area (Å²) < 4.78 is 28.2. The number of benzene rings is 2. The largest absolute Gasteiger partial charge is 0.349 e. The molecule has 4 nitrogen and oxygen atoms in total. The number of hydrogen-bond acceptors (Lipinski definition) is 2. The van der Waals surface area contributed by atoms with Crippen LogP contribution in [0.1, 0.15) is 35.5 Å². The fraction of sp³-hybridized carbons (Fsp3) is 0.238. The standard InChI is InChI=1S/C21H21F2N3O/c1-13(16-5-4-6-18(23)11-16)24-21(27)12-20-14(2)25-26(15(20)3)19-9-7-17(22)8-10-19/h4-11,13H,12H2,1-3H3,(H,24,27). The Labute approximate surface area is 156 Å². The van der Waals surface area contributed by atoms with Crippen LogP contribution >= 0.6 is 0 Å². The van der Waals surface area contributed by atoms with Gasteiger partial charge in [-0.15, -0.1) is 0 Å². The van der Waals surface area contributed by atoms with Gasteiger partial charge in [0, 0.05) is 11.3 Å². The Hall–Kier alpha value is -3.02. The molecule has 2 aromatic carbocycles. The molecule has 1 unspecified atom stereocenters. The van der Waals surface area contributed by atoms with Gasteiger partial charge in [-0.3, -0.25) is 4.79 Å². The van der Waals surface area contributed by atoms with Crippen LogP contribution in [0.5, 0.6) is 0 Å². The lowest BCUT2D eigenvalue weighted by molar-refractivity contribution is -0.121. The fourth-order valence-corrected chi connectivity index (χ4v) is 3.08. The number of nitrogens with one attached hydrogen (secondary N) is 1. The summed E-state index contributed by atoms with van der Waals surface area (Å²) >= 11 is 0. The highest BCUT2D eigenvalue weighted by atomic mass is 19.1. The maximum absolute atomic E-state index is 13.4. The normalized spacial score (nSPS) is 12.0. The van der Waals surface area contributed by atoms with Crippen LogP contribution in [-0.2, 0) is 11.2 Å². The molecule has 140 valence electrons. The first-order valence-electron chi connectivity index (χ1n) is 8.71. The van der Waals surface area contributed by atoms with E-state index in [0.29, 0.717) is 5.56 Å². The van der Waals surface area contributed by atoms with E-state index in [9.17, 15) is 13.6 Å². The maximum Gasteiger partial charge on any atom is 0.225 e. The second-order valence-electron chi connectivity index (χ2n) is 6.56. The van der Waals surface area contributed by atoms with Crippen molar-refractivity contribution in [1.82, 2.24) is 15.1 Å². The Morgan fingerprint density at radius 1 is 1.11 bits per heavy atom. The lowest BCUT2D eigenvalue weighted by Gasteiger charge is -2.14. The number of aromatic nitrogens is 2. The smallest absolute Gasteiger partial charge is 0.225 e. The van der Waals surface area contributed by atoms with Crippen molar-refractivity contribution in [2.75, 3.05) is 0 Å². The number of rotatable bonds is 5. The lowest BCUT2D eigenvalue weighted by Crippen LogP contribution is -2.28. The van der Waals surface area contributed by atoms with Crippen molar-refractivity contribution in [3.63, 3.8) is 0 Å². The van der Waals surface area contributed by atoms with Gasteiger partial charge in [0.1, 0.15) is 11.6 Å². The van der Waals surface area contributed by atoms with Crippen molar-refractivity contribution >= 4 is 5.91 Å². The van der Waals surface area contributed by atoms with E-state index >= 15 is 0 Å². The van der Waals surface area contributed by atoms with Gasteiger partial charge in [-0.2, -0.15) is 5.10 Å². The highest BCUT2D eigenvalue weighted by Crippen LogP contribution is 2.20. The molecular formula is C21H21F2N3O. The molecule has 6 heteroatoms. The van der Waals surface area contributed by atoms with Gasteiger partial charge in [0.2, 0.25) is 5.91 Å². The van der Waals surface area contributed by atoms with Crippen LogP contribution in [0.4, 0.5) is 8.78 Å². The van der Waals surface area contributed by atoms with Gasteiger partial charge < -0.3 is 5.32 Å². The first-order valence-corrected chi connectivity index (χ1v) is 8.71. The van der Waals surface area contributed by atoms with E-state index in [4.69, 9.17) is 0 Å². The third-order valence-corrected chi connectivity index (χ3v) is 4.58. The summed E-state index contributed by atoms with van der Waals surface area (Å²) in [5.74, 6) is -0.816. The van der Waals surface area contributed by atoms with Crippen molar-refractivity contribution in [3.05, 3.63) is 82.7 Å². The van der Waals surface area contributed by atoms with Gasteiger partial charge in [0.15, 0.2) is 0 Å². The summed E-state index contributed by atoms with van der Waals surface area (Å²) in [6.07, 6.45) is 0.165. The van der Waals surface area contributed by atoms with Crippen molar-refractivity contribution in [2.45, 2.75) is 33.2 Å². The second kappa shape index (κ2) is 7.70. The van der Waals surface area contributed by atoms with E-state index in [2.05, 4.69) is 10.4 Å². The topological polar surface area (TPSA) is 46.9 Å². The third-order valence-electron chi connectivity index (χ3n) is 4.58. The summed E-state index contributed by atoms with van der Waals surface area (Å²) in [5.41, 5.74) is 3.83. The van der Waals surface area contributed by atoms with Gasteiger partial charge in [-0.1, -0.05) is 12.1 Å². The van der Waals surface area contributed by atoms with Crippen LogP contribution in [0.25, 0.3) is 5.69 Å². The summed E-state index contributed by atoms with van der Waals surface area (Å²) in [6, 6.07) is 11.9. The molecule has 0 fully saturated rings. The van der Waals surface area contributed by atoms with Crippen molar-refractivity contribution in [2.24, 2.45) is 0 Å². The Morgan fingerprint density at radius 2 is 1.81 bits per heavy atom. The van der Waals surface area contributed by atoms with Gasteiger partial charge in [0.05, 0.1) is 23.8 Å². The van der Waals surface area contributed by atoms with Gasteiger partial charge >= 0.3 is 0 Å². The quantitative estimate of drug-likeness (QED) is 0.733. The molecule has 3 rings (SSSR count). The van der Waals surface area contributed by atoms with E-state index in [0.717, 1.165) is 22.6 Å². The minimum Gasteiger partial charge on any atom is -0.349 e. The molecule has 0 aliphatic carbocycles. The van der Waals surface area contributed by atoms with Gasteiger partial charge in [-0.05, 0) is 62.7 Å². The average molecular weight is 369 g/mol. The number of halogens is 2. The Kier molecular flexibility index (Phi) is 5.35. The zero-order chi connectivity index (χ0) is 19.6. The second-order valence-corrected chi connectivity index (χ2v) is 6.56. The summed E-state index contributed by atoms with van der Waals surface area (Å²) in [7, 11) is 0. The van der Waals surface area contributed by atoms with Crippen molar-refractivity contribution < 1.29 is 13.6 Å². The summed E-state index contributed by atoms with van der Waals surface area (Å²) in [4.78, 5) is 12.5. The van der Waals surface area contributed by atoms with E-state index in [1.807, 2.05) is 20.8 Å². The fourth-order valence-electron chi connectivity index (χ4n) is 3.08. The number of nitrogens with zero attached hydrogens (tertiary/aromatic N) is 2. The molecule has 27 heavy (non-hydrogen) atoms. The first kappa shape index (κ1) is 18.8. The SMILES string of the molecule is Cc1nn(-c2ccc(F)cc2)c(C)c1CC(=O)NC(C)c1cccc(F)c1. The van der Waals surface area contributed by atoms with Gasteiger partial charge in [0.25, 0.3) is 0 Å². The molecule has 0 saturated heterocycles. The first-order chi connectivity index (χ1) is 12.8. The molecule has 0 aliphatic rings.